The Morgan fingerprint density at radius 3 is 2.70 bits per heavy atom. The minimum atomic E-state index is 0.0329. The summed E-state index contributed by atoms with van der Waals surface area (Å²) in [5.41, 5.74) is 2.67. The van der Waals surface area contributed by atoms with E-state index in [1.165, 1.54) is 0 Å². The molecule has 0 aliphatic rings. The molecule has 2 rings (SSSR count). The number of hydrogen-bond acceptors (Lipinski definition) is 5. The highest BCUT2D eigenvalue weighted by molar-refractivity contribution is 7.98. The summed E-state index contributed by atoms with van der Waals surface area (Å²) in [4.78, 5) is 12.4. The first kappa shape index (κ1) is 14.7. The molecule has 106 valence electrons. The third-order valence-corrected chi connectivity index (χ3v) is 4.20. The molecule has 2 aromatic rings. The number of aromatic nitrogens is 1. The number of rotatable bonds is 5. The van der Waals surface area contributed by atoms with Crippen LogP contribution in [0.4, 0.5) is 0 Å². The Kier molecular flexibility index (Phi) is 4.49. The van der Waals surface area contributed by atoms with Crippen molar-refractivity contribution in [3.8, 4) is 5.75 Å². The average Bonchev–Trinajstić information content (AvgIpc) is 2.75. The lowest BCUT2D eigenvalue weighted by Crippen LogP contribution is -1.95. The Bertz CT molecular complexity index is 615. The number of benzene rings is 1. The van der Waals surface area contributed by atoms with Crippen molar-refractivity contribution in [1.29, 1.82) is 0 Å². The zero-order chi connectivity index (χ0) is 14.7. The van der Waals surface area contributed by atoms with Crippen LogP contribution in [-0.2, 0) is 5.75 Å². The highest BCUT2D eigenvalue weighted by atomic mass is 32.2. The van der Waals surface area contributed by atoms with Crippen molar-refractivity contribution in [2.24, 2.45) is 0 Å². The number of carbonyl (C=O) groups excluding carboxylic acids is 1. The maximum absolute atomic E-state index is 11.4. The third kappa shape index (κ3) is 3.04. The van der Waals surface area contributed by atoms with Gasteiger partial charge in [-0.15, -0.1) is 11.8 Å². The van der Waals surface area contributed by atoms with Crippen LogP contribution in [0.25, 0.3) is 0 Å². The lowest BCUT2D eigenvalue weighted by Gasteiger charge is -2.09. The molecule has 0 N–H and O–H groups in total. The lowest BCUT2D eigenvalue weighted by atomic mass is 10.1. The summed E-state index contributed by atoms with van der Waals surface area (Å²) >= 11 is 1.64. The molecule has 0 aliphatic heterocycles. The number of thioether (sulfide) groups is 1. The van der Waals surface area contributed by atoms with Crippen LogP contribution in [0.3, 0.4) is 0 Å². The SMILES string of the molecule is COc1cc(C(C)=O)ccc1SCc1c(C)noc1C. The Balaban J connectivity index is 2.19. The van der Waals surface area contributed by atoms with Crippen molar-refractivity contribution in [2.75, 3.05) is 7.11 Å². The standard InChI is InChI=1S/C15H17NO3S/c1-9-13(11(3)19-16-9)8-20-15-6-5-12(10(2)17)7-14(15)18-4/h5-7H,8H2,1-4H3. The Labute approximate surface area is 122 Å². The normalized spacial score (nSPS) is 10.6. The fraction of sp³-hybridized carbons (Fsp3) is 0.333. The van der Waals surface area contributed by atoms with Gasteiger partial charge in [0.15, 0.2) is 5.78 Å². The van der Waals surface area contributed by atoms with E-state index >= 15 is 0 Å². The zero-order valence-corrected chi connectivity index (χ0v) is 12.8. The molecule has 0 fully saturated rings. The van der Waals surface area contributed by atoms with Gasteiger partial charge < -0.3 is 9.26 Å². The quantitative estimate of drug-likeness (QED) is 0.619. The van der Waals surface area contributed by atoms with Crippen molar-refractivity contribution in [2.45, 2.75) is 31.4 Å². The maximum atomic E-state index is 11.4. The van der Waals surface area contributed by atoms with Crippen LogP contribution in [0.15, 0.2) is 27.6 Å². The molecule has 1 heterocycles. The lowest BCUT2D eigenvalue weighted by molar-refractivity contribution is 0.101. The highest BCUT2D eigenvalue weighted by Crippen LogP contribution is 2.33. The van der Waals surface area contributed by atoms with Gasteiger partial charge >= 0.3 is 0 Å². The molecular weight excluding hydrogens is 274 g/mol. The monoisotopic (exact) mass is 291 g/mol. The van der Waals surface area contributed by atoms with Gasteiger partial charge in [-0.2, -0.15) is 0 Å². The van der Waals surface area contributed by atoms with E-state index in [9.17, 15) is 4.79 Å². The topological polar surface area (TPSA) is 52.3 Å². The molecule has 0 radical (unpaired) electrons. The number of methoxy groups -OCH3 is 1. The predicted molar refractivity (Wildman–Crippen MR) is 78.5 cm³/mol. The van der Waals surface area contributed by atoms with Crippen LogP contribution in [0.5, 0.6) is 5.75 Å². The molecule has 5 heteroatoms. The fourth-order valence-electron chi connectivity index (χ4n) is 1.86. The summed E-state index contributed by atoms with van der Waals surface area (Å²) in [5, 5.41) is 3.94. The smallest absolute Gasteiger partial charge is 0.159 e. The molecule has 1 aromatic carbocycles. The third-order valence-electron chi connectivity index (χ3n) is 3.12. The van der Waals surface area contributed by atoms with Gasteiger partial charge in [0.25, 0.3) is 0 Å². The maximum Gasteiger partial charge on any atom is 0.159 e. The second-order valence-corrected chi connectivity index (χ2v) is 5.53. The number of ether oxygens (including phenoxy) is 1. The average molecular weight is 291 g/mol. The van der Waals surface area contributed by atoms with E-state index in [1.54, 1.807) is 31.9 Å². The number of carbonyl (C=O) groups is 1. The van der Waals surface area contributed by atoms with Crippen LogP contribution in [-0.4, -0.2) is 18.0 Å². The molecule has 4 nitrogen and oxygen atoms in total. The predicted octanol–water partition coefficient (Wildman–Crippen LogP) is 3.79. The van der Waals surface area contributed by atoms with Crippen LogP contribution < -0.4 is 4.74 Å². The molecule has 20 heavy (non-hydrogen) atoms. The largest absolute Gasteiger partial charge is 0.496 e. The molecule has 1 aromatic heterocycles. The highest BCUT2D eigenvalue weighted by Gasteiger charge is 2.12. The van der Waals surface area contributed by atoms with Crippen molar-refractivity contribution in [1.82, 2.24) is 5.16 Å². The summed E-state index contributed by atoms with van der Waals surface area (Å²) in [7, 11) is 1.61. The van der Waals surface area contributed by atoms with Gasteiger partial charge in [0.1, 0.15) is 11.5 Å². The van der Waals surface area contributed by atoms with E-state index in [0.29, 0.717) is 5.56 Å². The van der Waals surface area contributed by atoms with Crippen LogP contribution >= 0.6 is 11.8 Å². The van der Waals surface area contributed by atoms with Gasteiger partial charge in [0.2, 0.25) is 0 Å². The number of Topliss-reactive ketones (excluding diaryl/α,β-unsaturated/α-hetero) is 1. The summed E-state index contributed by atoms with van der Waals surface area (Å²) < 4.78 is 10.5. The Morgan fingerprint density at radius 2 is 2.15 bits per heavy atom. The minimum absolute atomic E-state index is 0.0329. The van der Waals surface area contributed by atoms with E-state index in [-0.39, 0.29) is 5.78 Å². The van der Waals surface area contributed by atoms with E-state index < -0.39 is 0 Å². The molecule has 0 saturated carbocycles. The van der Waals surface area contributed by atoms with Gasteiger partial charge in [-0.1, -0.05) is 11.2 Å². The number of hydrogen-bond donors (Lipinski definition) is 0. The van der Waals surface area contributed by atoms with Gasteiger partial charge in [-0.3, -0.25) is 4.79 Å². The molecule has 0 unspecified atom stereocenters. The second-order valence-electron chi connectivity index (χ2n) is 4.51. The number of aryl methyl sites for hydroxylation is 2. The Hall–Kier alpha value is -1.75. The molecule has 0 atom stereocenters. The first-order valence-corrected chi connectivity index (χ1v) is 7.25. The first-order chi connectivity index (χ1) is 9.52. The second kappa shape index (κ2) is 6.13. The molecule has 0 saturated heterocycles. The van der Waals surface area contributed by atoms with E-state index in [4.69, 9.17) is 9.26 Å². The number of nitrogens with zero attached hydrogens (tertiary/aromatic N) is 1. The van der Waals surface area contributed by atoms with Crippen molar-refractivity contribution >= 4 is 17.5 Å². The molecule has 0 bridgehead atoms. The summed E-state index contributed by atoms with van der Waals surface area (Å²) in [6.07, 6.45) is 0. The van der Waals surface area contributed by atoms with Crippen molar-refractivity contribution in [3.63, 3.8) is 0 Å². The molecule has 0 aliphatic carbocycles. The van der Waals surface area contributed by atoms with Gasteiger partial charge in [0.05, 0.1) is 12.8 Å². The fourth-order valence-corrected chi connectivity index (χ4v) is 3.02. The summed E-state index contributed by atoms with van der Waals surface area (Å²) in [5.74, 6) is 2.35. The number of ketones is 1. The molecular formula is C15H17NO3S. The van der Waals surface area contributed by atoms with Crippen LogP contribution in [0, 0.1) is 13.8 Å². The summed E-state index contributed by atoms with van der Waals surface area (Å²) in [6, 6.07) is 5.51. The van der Waals surface area contributed by atoms with Crippen LogP contribution in [0.2, 0.25) is 0 Å². The van der Waals surface area contributed by atoms with Crippen molar-refractivity contribution in [3.05, 3.63) is 40.8 Å². The van der Waals surface area contributed by atoms with Crippen molar-refractivity contribution < 1.29 is 14.1 Å². The van der Waals surface area contributed by atoms with Gasteiger partial charge in [0, 0.05) is 21.8 Å². The van der Waals surface area contributed by atoms with E-state index in [1.807, 2.05) is 26.0 Å². The van der Waals surface area contributed by atoms with Gasteiger partial charge in [-0.25, -0.2) is 0 Å². The van der Waals surface area contributed by atoms with Gasteiger partial charge in [-0.05, 0) is 32.9 Å². The first-order valence-electron chi connectivity index (χ1n) is 6.26. The Morgan fingerprint density at radius 1 is 1.40 bits per heavy atom. The minimum Gasteiger partial charge on any atom is -0.496 e. The molecule has 0 spiro atoms. The zero-order valence-electron chi connectivity index (χ0n) is 12.0. The molecule has 0 amide bonds. The van der Waals surface area contributed by atoms with Crippen LogP contribution in [0.1, 0.15) is 34.3 Å². The van der Waals surface area contributed by atoms with E-state index in [2.05, 4.69) is 5.16 Å². The van der Waals surface area contributed by atoms with E-state index in [0.717, 1.165) is 33.4 Å². The summed E-state index contributed by atoms with van der Waals surface area (Å²) in [6.45, 7) is 5.39.